The standard InChI is InChI=1S/C21H18F6N4O3S/c22-14-3-1-12(2-4-14)18(21(25,26)27)30-16(19(32)31-20(11-28)5-6-20)10-35(33,34)9-13-8-29-17(24)7-15(13)23/h1-4,7-8,16,18,30H,5-6,9-10H2,(H,31,32)/t16-,18-/m0/s1. The predicted octanol–water partition coefficient (Wildman–Crippen LogP) is 2.85. The molecule has 7 nitrogen and oxygen atoms in total. The maximum absolute atomic E-state index is 13.9. The molecule has 35 heavy (non-hydrogen) atoms. The molecule has 0 radical (unpaired) electrons. The normalized spacial score (nSPS) is 16.7. The van der Waals surface area contributed by atoms with Gasteiger partial charge < -0.3 is 5.32 Å². The number of rotatable bonds is 9. The van der Waals surface area contributed by atoms with Crippen LogP contribution >= 0.6 is 0 Å². The number of nitrogens with zero attached hydrogens (tertiary/aromatic N) is 2. The second kappa shape index (κ2) is 9.82. The molecule has 14 heteroatoms. The van der Waals surface area contributed by atoms with Crippen molar-refractivity contribution in [3.8, 4) is 6.07 Å². The quantitative estimate of drug-likeness (QED) is 0.389. The van der Waals surface area contributed by atoms with E-state index in [1.54, 1.807) is 0 Å². The first kappa shape index (κ1) is 26.4. The van der Waals surface area contributed by atoms with Crippen molar-refractivity contribution in [3.05, 3.63) is 65.2 Å². The molecule has 1 fully saturated rings. The molecular formula is C21H18F6N4O3S. The molecule has 1 aliphatic carbocycles. The SMILES string of the molecule is N#CC1(NC(=O)[C@H](CS(=O)(=O)Cc2cnc(F)cc2F)N[C@@H](c2ccc(F)cc2)C(F)(F)F)CC1. The van der Waals surface area contributed by atoms with E-state index < -0.39 is 79.8 Å². The van der Waals surface area contributed by atoms with Crippen LogP contribution in [-0.2, 0) is 20.4 Å². The van der Waals surface area contributed by atoms with E-state index in [0.717, 1.165) is 24.3 Å². The fourth-order valence-corrected chi connectivity index (χ4v) is 4.80. The molecule has 0 unspecified atom stereocenters. The van der Waals surface area contributed by atoms with Gasteiger partial charge in [0.25, 0.3) is 0 Å². The highest BCUT2D eigenvalue weighted by Gasteiger charge is 2.48. The zero-order valence-corrected chi connectivity index (χ0v) is 18.6. The molecule has 1 aliphatic rings. The summed E-state index contributed by atoms with van der Waals surface area (Å²) in [6, 6.07) is 0.715. The summed E-state index contributed by atoms with van der Waals surface area (Å²) in [6.07, 6.45) is -3.96. The first-order valence-electron chi connectivity index (χ1n) is 10.1. The summed E-state index contributed by atoms with van der Waals surface area (Å²) in [4.78, 5) is 15.9. The van der Waals surface area contributed by atoms with E-state index in [9.17, 15) is 44.8 Å². The van der Waals surface area contributed by atoms with Gasteiger partial charge in [0.05, 0.1) is 17.6 Å². The zero-order valence-electron chi connectivity index (χ0n) is 17.7. The van der Waals surface area contributed by atoms with Crippen molar-refractivity contribution < 1.29 is 39.6 Å². The van der Waals surface area contributed by atoms with E-state index in [2.05, 4.69) is 10.3 Å². The Bertz CT molecular complexity index is 1240. The molecule has 2 aromatic rings. The Morgan fingerprint density at radius 1 is 1.17 bits per heavy atom. The van der Waals surface area contributed by atoms with Crippen molar-refractivity contribution >= 4 is 15.7 Å². The first-order chi connectivity index (χ1) is 16.2. The number of nitrogens with one attached hydrogen (secondary N) is 2. The van der Waals surface area contributed by atoms with Crippen molar-refractivity contribution in [2.75, 3.05) is 5.75 Å². The van der Waals surface area contributed by atoms with Crippen molar-refractivity contribution in [1.82, 2.24) is 15.6 Å². The Balaban J connectivity index is 1.91. The number of amides is 1. The lowest BCUT2D eigenvalue weighted by Gasteiger charge is -2.28. The third-order valence-electron chi connectivity index (χ3n) is 5.23. The summed E-state index contributed by atoms with van der Waals surface area (Å²) in [7, 11) is -4.47. The van der Waals surface area contributed by atoms with Crippen molar-refractivity contribution in [1.29, 1.82) is 5.26 Å². The van der Waals surface area contributed by atoms with Gasteiger partial charge in [0.15, 0.2) is 9.84 Å². The Hall–Kier alpha value is -3.18. The molecule has 1 saturated carbocycles. The second-order valence-corrected chi connectivity index (χ2v) is 10.2. The van der Waals surface area contributed by atoms with Gasteiger partial charge in [0, 0.05) is 17.8 Å². The Morgan fingerprint density at radius 3 is 2.31 bits per heavy atom. The van der Waals surface area contributed by atoms with Crippen LogP contribution < -0.4 is 10.6 Å². The topological polar surface area (TPSA) is 112 Å². The third kappa shape index (κ3) is 6.92. The average Bonchev–Trinajstić information content (AvgIpc) is 3.53. The number of carbonyl (C=O) groups excluding carboxylic acids is 1. The summed E-state index contributed by atoms with van der Waals surface area (Å²) in [5.41, 5.74) is -2.37. The molecule has 0 bridgehead atoms. The lowest BCUT2D eigenvalue weighted by atomic mass is 10.0. The van der Waals surface area contributed by atoms with Crippen LogP contribution in [0.5, 0.6) is 0 Å². The van der Waals surface area contributed by atoms with E-state index in [4.69, 9.17) is 0 Å². The van der Waals surface area contributed by atoms with Gasteiger partial charge in [-0.15, -0.1) is 0 Å². The van der Waals surface area contributed by atoms with Crippen LogP contribution in [0.4, 0.5) is 26.3 Å². The summed E-state index contributed by atoms with van der Waals surface area (Å²) < 4.78 is 107. The second-order valence-electron chi connectivity index (χ2n) is 8.08. The van der Waals surface area contributed by atoms with Gasteiger partial charge in [-0.25, -0.2) is 22.2 Å². The molecule has 0 saturated heterocycles. The van der Waals surface area contributed by atoms with Crippen LogP contribution in [0.3, 0.4) is 0 Å². The van der Waals surface area contributed by atoms with E-state index >= 15 is 0 Å². The Morgan fingerprint density at radius 2 is 1.80 bits per heavy atom. The molecule has 1 amide bonds. The van der Waals surface area contributed by atoms with Crippen molar-refractivity contribution in [2.45, 2.75) is 42.4 Å². The van der Waals surface area contributed by atoms with Gasteiger partial charge in [0.1, 0.15) is 29.3 Å². The van der Waals surface area contributed by atoms with E-state index in [-0.39, 0.29) is 12.8 Å². The molecular weight excluding hydrogens is 502 g/mol. The fraction of sp³-hybridized carbons (Fsp3) is 0.381. The Labute approximate surface area is 196 Å². The van der Waals surface area contributed by atoms with Crippen LogP contribution in [0.15, 0.2) is 36.5 Å². The van der Waals surface area contributed by atoms with E-state index in [0.29, 0.717) is 12.3 Å². The molecule has 2 atom stereocenters. The van der Waals surface area contributed by atoms with Crippen LogP contribution in [0, 0.1) is 28.9 Å². The van der Waals surface area contributed by atoms with Gasteiger partial charge in [-0.05, 0) is 30.5 Å². The predicted molar refractivity (Wildman–Crippen MR) is 109 cm³/mol. The van der Waals surface area contributed by atoms with E-state index in [1.165, 1.54) is 0 Å². The van der Waals surface area contributed by atoms with Crippen LogP contribution in [-0.4, -0.2) is 42.8 Å². The lowest BCUT2D eigenvalue weighted by Crippen LogP contribution is -2.54. The maximum atomic E-state index is 13.9. The molecule has 0 spiro atoms. The molecule has 0 aliphatic heterocycles. The van der Waals surface area contributed by atoms with Gasteiger partial charge in [-0.2, -0.15) is 22.8 Å². The molecule has 1 aromatic carbocycles. The van der Waals surface area contributed by atoms with Crippen LogP contribution in [0.2, 0.25) is 0 Å². The number of halogens is 6. The van der Waals surface area contributed by atoms with Crippen molar-refractivity contribution in [3.63, 3.8) is 0 Å². The molecule has 1 aromatic heterocycles. The van der Waals surface area contributed by atoms with Crippen molar-refractivity contribution in [2.24, 2.45) is 0 Å². The number of carbonyl (C=O) groups is 1. The number of hydrogen-bond acceptors (Lipinski definition) is 6. The highest BCUT2D eigenvalue weighted by atomic mass is 32.2. The summed E-state index contributed by atoms with van der Waals surface area (Å²) in [5, 5.41) is 13.4. The number of pyridine rings is 1. The highest BCUT2D eigenvalue weighted by Crippen LogP contribution is 2.36. The molecule has 188 valence electrons. The van der Waals surface area contributed by atoms with Gasteiger partial charge in [-0.3, -0.25) is 10.1 Å². The zero-order chi connectivity index (χ0) is 26.0. The summed E-state index contributed by atoms with van der Waals surface area (Å²) in [5.74, 6) is -6.75. The fourth-order valence-electron chi connectivity index (χ4n) is 3.24. The van der Waals surface area contributed by atoms with Gasteiger partial charge >= 0.3 is 6.18 Å². The first-order valence-corrected chi connectivity index (χ1v) is 11.9. The molecule has 1 heterocycles. The van der Waals surface area contributed by atoms with Crippen LogP contribution in [0.1, 0.15) is 30.0 Å². The molecule has 3 rings (SSSR count). The number of sulfone groups is 1. The number of alkyl halides is 3. The smallest absolute Gasteiger partial charge is 0.336 e. The van der Waals surface area contributed by atoms with Gasteiger partial charge in [-0.1, -0.05) is 12.1 Å². The monoisotopic (exact) mass is 520 g/mol. The minimum Gasteiger partial charge on any atom is -0.336 e. The summed E-state index contributed by atoms with van der Waals surface area (Å²) in [6.45, 7) is 0. The van der Waals surface area contributed by atoms with E-state index in [1.807, 2.05) is 11.4 Å². The maximum Gasteiger partial charge on any atom is 0.407 e. The number of aromatic nitrogens is 1. The van der Waals surface area contributed by atoms with Gasteiger partial charge in [0.2, 0.25) is 11.9 Å². The highest BCUT2D eigenvalue weighted by molar-refractivity contribution is 7.90. The molecule has 2 N–H and O–H groups in total. The lowest BCUT2D eigenvalue weighted by molar-refractivity contribution is -0.160. The summed E-state index contributed by atoms with van der Waals surface area (Å²) >= 11 is 0. The average molecular weight is 520 g/mol. The largest absolute Gasteiger partial charge is 0.407 e. The number of hydrogen-bond donors (Lipinski definition) is 2. The minimum absolute atomic E-state index is 0.224. The Kier molecular flexibility index (Phi) is 7.42. The third-order valence-corrected chi connectivity index (χ3v) is 6.83. The van der Waals surface area contributed by atoms with Crippen LogP contribution in [0.25, 0.3) is 0 Å². The number of nitriles is 1. The number of benzene rings is 1. The minimum atomic E-state index is -5.03.